The summed E-state index contributed by atoms with van der Waals surface area (Å²) in [6, 6.07) is 9.96. The third kappa shape index (κ3) is 5.96. The molecule has 1 saturated carbocycles. The number of benzene rings is 1. The highest BCUT2D eigenvalue weighted by Crippen LogP contribution is 2.28. The van der Waals surface area contributed by atoms with E-state index in [9.17, 15) is 4.79 Å². The summed E-state index contributed by atoms with van der Waals surface area (Å²) >= 11 is 18.2. The van der Waals surface area contributed by atoms with Crippen LogP contribution in [0.2, 0.25) is 0 Å². The van der Waals surface area contributed by atoms with Crippen LogP contribution in [0.5, 0.6) is 0 Å². The van der Waals surface area contributed by atoms with Crippen LogP contribution in [0.4, 0.5) is 0 Å². The summed E-state index contributed by atoms with van der Waals surface area (Å²) in [5.74, 6) is -0.130. The molecule has 2 rings (SSSR count). The molecule has 0 aliphatic heterocycles. The minimum atomic E-state index is -1.52. The number of quaternary nitrogens is 1. The molecule has 1 aliphatic rings. The van der Waals surface area contributed by atoms with Crippen molar-refractivity contribution < 1.29 is 10.1 Å². The van der Waals surface area contributed by atoms with Gasteiger partial charge in [-0.05, 0) is 31.2 Å². The maximum atomic E-state index is 12.2. The number of hydrogen-bond donors (Lipinski definition) is 2. The highest BCUT2D eigenvalue weighted by molar-refractivity contribution is 6.68. The Balaban J connectivity index is 1.92. The maximum Gasteiger partial charge on any atom is 0.262 e. The van der Waals surface area contributed by atoms with Crippen molar-refractivity contribution in [3.8, 4) is 0 Å². The Morgan fingerprint density at radius 2 is 1.82 bits per heavy atom. The smallest absolute Gasteiger partial charge is 0.262 e. The predicted molar refractivity (Wildman–Crippen MR) is 91.2 cm³/mol. The molecule has 1 aliphatic carbocycles. The minimum Gasteiger partial charge on any atom is -0.321 e. The van der Waals surface area contributed by atoms with Gasteiger partial charge in [0.05, 0.1) is 12.5 Å². The Labute approximate surface area is 146 Å². The Morgan fingerprint density at radius 3 is 2.41 bits per heavy atom. The minimum absolute atomic E-state index is 0.130. The number of nitrogens with two attached hydrogens (primary N) is 1. The Kier molecular flexibility index (Phi) is 6.82. The summed E-state index contributed by atoms with van der Waals surface area (Å²) in [5.41, 5.74) is 0.945. The van der Waals surface area contributed by atoms with E-state index in [4.69, 9.17) is 34.8 Å². The quantitative estimate of drug-likeness (QED) is 0.612. The van der Waals surface area contributed by atoms with E-state index < -0.39 is 9.96 Å². The van der Waals surface area contributed by atoms with E-state index in [1.54, 1.807) is 0 Å². The second-order valence-electron chi connectivity index (χ2n) is 5.84. The molecule has 22 heavy (non-hydrogen) atoms. The lowest BCUT2D eigenvalue weighted by atomic mass is 9.95. The third-order valence-electron chi connectivity index (χ3n) is 3.99. The molecule has 1 amide bonds. The average Bonchev–Trinajstić information content (AvgIpc) is 2.48. The summed E-state index contributed by atoms with van der Waals surface area (Å²) in [7, 11) is 0. The first-order valence-electron chi connectivity index (χ1n) is 7.70. The van der Waals surface area contributed by atoms with E-state index in [1.165, 1.54) is 19.3 Å². The van der Waals surface area contributed by atoms with Gasteiger partial charge in [0, 0.05) is 0 Å². The van der Waals surface area contributed by atoms with Gasteiger partial charge in [0.15, 0.2) is 0 Å². The van der Waals surface area contributed by atoms with Crippen LogP contribution in [0, 0.1) is 0 Å². The van der Waals surface area contributed by atoms with Crippen molar-refractivity contribution in [1.29, 1.82) is 0 Å². The van der Waals surface area contributed by atoms with Crippen molar-refractivity contribution >= 4 is 40.7 Å². The van der Waals surface area contributed by atoms with Crippen LogP contribution in [0.15, 0.2) is 30.3 Å². The highest BCUT2D eigenvalue weighted by atomic mass is 35.6. The summed E-state index contributed by atoms with van der Waals surface area (Å²) in [6.45, 7) is 0. The Hall–Kier alpha value is -0.480. The van der Waals surface area contributed by atoms with Gasteiger partial charge in [0.1, 0.15) is 0 Å². The fraction of sp³-hybridized carbons (Fsp3) is 0.562. The lowest BCUT2D eigenvalue weighted by Gasteiger charge is -2.29. The van der Waals surface area contributed by atoms with Crippen LogP contribution in [0.3, 0.4) is 0 Å². The molecule has 1 fully saturated rings. The molecule has 0 radical (unpaired) electrons. The summed E-state index contributed by atoms with van der Waals surface area (Å²) in [6.07, 6.45) is 5.60. The molecule has 1 atom stereocenters. The predicted octanol–water partition coefficient (Wildman–Crippen LogP) is 2.94. The lowest BCUT2D eigenvalue weighted by Crippen LogP contribution is -3.00. The molecule has 3 nitrogen and oxygen atoms in total. The van der Waals surface area contributed by atoms with Gasteiger partial charge in [0.25, 0.3) is 3.79 Å². The first-order chi connectivity index (χ1) is 10.4. The molecule has 6 heteroatoms. The van der Waals surface area contributed by atoms with E-state index in [0.29, 0.717) is 6.04 Å². The summed E-state index contributed by atoms with van der Waals surface area (Å²) in [4.78, 5) is 12.2. The van der Waals surface area contributed by atoms with Crippen molar-refractivity contribution in [2.24, 2.45) is 0 Å². The molecule has 1 aromatic carbocycles. The topological polar surface area (TPSA) is 45.7 Å². The molecule has 1 aromatic rings. The molecule has 0 bridgehead atoms. The summed E-state index contributed by atoms with van der Waals surface area (Å²) in [5, 5.41) is 4.87. The van der Waals surface area contributed by atoms with E-state index in [2.05, 4.69) is 5.32 Å². The van der Waals surface area contributed by atoms with E-state index in [-0.39, 0.29) is 12.3 Å². The van der Waals surface area contributed by atoms with Gasteiger partial charge in [0.2, 0.25) is 12.1 Å². The number of hydrogen-bond acceptors (Lipinski definition) is 1. The van der Waals surface area contributed by atoms with Gasteiger partial charge in [-0.1, -0.05) is 71.6 Å². The lowest BCUT2D eigenvalue weighted by molar-refractivity contribution is -0.726. The Bertz CT molecular complexity index is 470. The van der Waals surface area contributed by atoms with Gasteiger partial charge < -0.3 is 10.6 Å². The molecule has 3 N–H and O–H groups in total. The first kappa shape index (κ1) is 17.9. The number of nitrogens with one attached hydrogen (secondary N) is 1. The second kappa shape index (κ2) is 8.39. The normalized spacial score (nSPS) is 18.0. The average molecular weight is 365 g/mol. The van der Waals surface area contributed by atoms with E-state index in [1.807, 2.05) is 35.6 Å². The zero-order valence-corrected chi connectivity index (χ0v) is 14.7. The largest absolute Gasteiger partial charge is 0.321 e. The molecule has 0 aromatic heterocycles. The third-order valence-corrected chi connectivity index (χ3v) is 4.70. The number of carbonyl (C=O) groups excluding carboxylic acids is 1. The molecule has 0 saturated heterocycles. The number of alkyl halides is 3. The standard InChI is InChI=1S/C16H21Cl3N2O/c17-16(18,19)15(20-13-9-5-2-6-10-13)21-14(22)11-12-7-3-1-4-8-12/h1,3-4,7-8,13,15,20H,2,5-6,9-11H2,(H,21,22)/p+1/t15-/m1/s1. The van der Waals surface area contributed by atoms with Crippen LogP contribution in [-0.2, 0) is 11.2 Å². The number of amides is 1. The van der Waals surface area contributed by atoms with Crippen LogP contribution >= 0.6 is 34.8 Å². The Morgan fingerprint density at radius 1 is 1.18 bits per heavy atom. The molecule has 0 heterocycles. The molecule has 122 valence electrons. The van der Waals surface area contributed by atoms with E-state index >= 15 is 0 Å². The van der Waals surface area contributed by atoms with Crippen molar-refractivity contribution in [3.63, 3.8) is 0 Å². The molecular formula is C16H22Cl3N2O+. The van der Waals surface area contributed by atoms with Crippen LogP contribution < -0.4 is 10.6 Å². The van der Waals surface area contributed by atoms with Gasteiger partial charge in [-0.3, -0.25) is 4.79 Å². The van der Waals surface area contributed by atoms with Crippen LogP contribution in [-0.4, -0.2) is 21.9 Å². The second-order valence-corrected chi connectivity index (χ2v) is 8.21. The molecule has 0 spiro atoms. The number of halogens is 3. The number of rotatable bonds is 5. The van der Waals surface area contributed by atoms with Crippen LogP contribution in [0.25, 0.3) is 0 Å². The van der Waals surface area contributed by atoms with Gasteiger partial charge >= 0.3 is 0 Å². The van der Waals surface area contributed by atoms with Crippen molar-refractivity contribution in [2.45, 2.75) is 54.5 Å². The van der Waals surface area contributed by atoms with Gasteiger partial charge in [-0.2, -0.15) is 0 Å². The fourth-order valence-corrected chi connectivity index (χ4v) is 3.23. The zero-order chi connectivity index (χ0) is 16.0. The van der Waals surface area contributed by atoms with E-state index in [0.717, 1.165) is 18.4 Å². The molecule has 0 unspecified atom stereocenters. The maximum absolute atomic E-state index is 12.2. The van der Waals surface area contributed by atoms with Crippen molar-refractivity contribution in [2.75, 3.05) is 0 Å². The van der Waals surface area contributed by atoms with Crippen molar-refractivity contribution in [1.82, 2.24) is 5.32 Å². The number of carbonyl (C=O) groups is 1. The first-order valence-corrected chi connectivity index (χ1v) is 8.83. The molecular weight excluding hydrogens is 343 g/mol. The fourth-order valence-electron chi connectivity index (χ4n) is 2.84. The summed E-state index contributed by atoms with van der Waals surface area (Å²) < 4.78 is -1.52. The highest BCUT2D eigenvalue weighted by Gasteiger charge is 2.39. The monoisotopic (exact) mass is 363 g/mol. The van der Waals surface area contributed by atoms with Gasteiger partial charge in [-0.25, -0.2) is 0 Å². The van der Waals surface area contributed by atoms with Gasteiger partial charge in [-0.15, -0.1) is 0 Å². The van der Waals surface area contributed by atoms with Crippen LogP contribution in [0.1, 0.15) is 37.7 Å². The zero-order valence-electron chi connectivity index (χ0n) is 12.4. The van der Waals surface area contributed by atoms with Crippen molar-refractivity contribution in [3.05, 3.63) is 35.9 Å². The SMILES string of the molecule is O=C(Cc1ccccc1)N[C@@H]([NH2+]C1CCCCC1)C(Cl)(Cl)Cl.